The van der Waals surface area contributed by atoms with Crippen molar-refractivity contribution in [1.82, 2.24) is 24.9 Å². The molecular weight excluding hydrogens is 306 g/mol. The lowest BCUT2D eigenvalue weighted by Crippen LogP contribution is -2.33. The topological polar surface area (TPSA) is 81.8 Å². The fourth-order valence-corrected chi connectivity index (χ4v) is 2.61. The molecule has 0 saturated heterocycles. The summed E-state index contributed by atoms with van der Waals surface area (Å²) in [6, 6.07) is 9.43. The van der Waals surface area contributed by atoms with Crippen molar-refractivity contribution in [3.05, 3.63) is 52.6 Å². The van der Waals surface area contributed by atoms with Crippen molar-refractivity contribution in [3.8, 4) is 5.69 Å². The highest BCUT2D eigenvalue weighted by Gasteiger charge is 2.19. The summed E-state index contributed by atoms with van der Waals surface area (Å²) in [6.45, 7) is 3.87. The molecule has 0 radical (unpaired) electrons. The second-order valence-corrected chi connectivity index (χ2v) is 5.83. The monoisotopic (exact) mass is 325 g/mol. The average molecular weight is 325 g/mol. The molecule has 7 heteroatoms. The summed E-state index contributed by atoms with van der Waals surface area (Å²) < 4.78 is 2.81. The normalized spacial score (nSPS) is 11.2. The number of nitrogens with zero attached hydrogens (tertiary/aromatic N) is 4. The van der Waals surface area contributed by atoms with Crippen LogP contribution in [-0.4, -0.2) is 32.5 Å². The van der Waals surface area contributed by atoms with Gasteiger partial charge < -0.3 is 5.32 Å². The number of carbonyl (C=O) groups is 1. The van der Waals surface area contributed by atoms with E-state index >= 15 is 0 Å². The second kappa shape index (κ2) is 6.27. The fraction of sp³-hybridized carbons (Fsp3) is 0.294. The molecular formula is C17H19N5O2. The predicted molar refractivity (Wildman–Crippen MR) is 91.3 cm³/mol. The summed E-state index contributed by atoms with van der Waals surface area (Å²) in [4.78, 5) is 24.6. The van der Waals surface area contributed by atoms with Crippen LogP contribution >= 0.6 is 0 Å². The third-order valence-electron chi connectivity index (χ3n) is 3.83. The van der Waals surface area contributed by atoms with E-state index in [4.69, 9.17) is 0 Å². The standard InChI is InChI=1S/C17H19N5O2/c1-11(2)15-13-9-19-22(12-7-5-4-6-8-12)16(13)17(24)21(20-15)10-14(23)18-3/h4-9,11H,10H2,1-3H3,(H,18,23). The van der Waals surface area contributed by atoms with Crippen molar-refractivity contribution in [2.24, 2.45) is 0 Å². The Balaban J connectivity index is 2.30. The molecule has 124 valence electrons. The lowest BCUT2D eigenvalue weighted by Gasteiger charge is -2.11. The molecule has 7 nitrogen and oxygen atoms in total. The number of aromatic nitrogens is 4. The molecule has 2 heterocycles. The lowest BCUT2D eigenvalue weighted by molar-refractivity contribution is -0.121. The quantitative estimate of drug-likeness (QED) is 0.787. The Labute approximate surface area is 138 Å². The molecule has 0 unspecified atom stereocenters. The zero-order chi connectivity index (χ0) is 17.3. The number of hydrogen-bond donors (Lipinski definition) is 1. The van der Waals surface area contributed by atoms with Gasteiger partial charge in [-0.05, 0) is 18.1 Å². The van der Waals surface area contributed by atoms with Crippen LogP contribution in [0.15, 0.2) is 41.3 Å². The first-order valence-corrected chi connectivity index (χ1v) is 7.77. The van der Waals surface area contributed by atoms with E-state index in [0.29, 0.717) is 10.9 Å². The Morgan fingerprint density at radius 3 is 2.58 bits per heavy atom. The molecule has 24 heavy (non-hydrogen) atoms. The van der Waals surface area contributed by atoms with E-state index in [1.54, 1.807) is 10.9 Å². The first-order valence-electron chi connectivity index (χ1n) is 7.77. The smallest absolute Gasteiger partial charge is 0.293 e. The number of likely N-dealkylation sites (N-methyl/N-ethyl adjacent to an activating group) is 1. The predicted octanol–water partition coefficient (Wildman–Crippen LogP) is 1.45. The van der Waals surface area contributed by atoms with Gasteiger partial charge >= 0.3 is 0 Å². The minimum Gasteiger partial charge on any atom is -0.358 e. The summed E-state index contributed by atoms with van der Waals surface area (Å²) in [5.74, 6) is -0.179. The van der Waals surface area contributed by atoms with Gasteiger partial charge in [0.1, 0.15) is 12.1 Å². The molecule has 0 saturated carbocycles. The molecule has 0 aliphatic carbocycles. The Hall–Kier alpha value is -2.96. The highest BCUT2D eigenvalue weighted by Crippen LogP contribution is 2.22. The van der Waals surface area contributed by atoms with Crippen molar-refractivity contribution in [2.75, 3.05) is 7.05 Å². The van der Waals surface area contributed by atoms with Crippen molar-refractivity contribution < 1.29 is 4.79 Å². The number of carbonyl (C=O) groups excluding carboxylic acids is 1. The molecule has 1 amide bonds. The fourth-order valence-electron chi connectivity index (χ4n) is 2.61. The highest BCUT2D eigenvalue weighted by molar-refractivity contribution is 5.82. The van der Waals surface area contributed by atoms with Crippen LogP contribution in [0, 0.1) is 0 Å². The van der Waals surface area contributed by atoms with Gasteiger partial charge in [-0.3, -0.25) is 9.59 Å². The maximum absolute atomic E-state index is 12.9. The lowest BCUT2D eigenvalue weighted by atomic mass is 10.1. The summed E-state index contributed by atoms with van der Waals surface area (Å²) in [5, 5.41) is 12.0. The number of para-hydroxylation sites is 1. The molecule has 0 atom stereocenters. The third-order valence-corrected chi connectivity index (χ3v) is 3.83. The molecule has 0 aliphatic heterocycles. The molecule has 0 aliphatic rings. The zero-order valence-electron chi connectivity index (χ0n) is 13.9. The molecule has 0 spiro atoms. The van der Waals surface area contributed by atoms with Crippen LogP contribution in [0.3, 0.4) is 0 Å². The molecule has 0 bridgehead atoms. The number of nitrogens with one attached hydrogen (secondary N) is 1. The minimum atomic E-state index is -0.334. The highest BCUT2D eigenvalue weighted by atomic mass is 16.2. The van der Waals surface area contributed by atoms with Crippen molar-refractivity contribution in [3.63, 3.8) is 0 Å². The SMILES string of the molecule is CNC(=O)Cn1nc(C(C)C)c2cnn(-c3ccccc3)c2c1=O. The summed E-state index contributed by atoms with van der Waals surface area (Å²) >= 11 is 0. The van der Waals surface area contributed by atoms with Crippen molar-refractivity contribution in [1.29, 1.82) is 0 Å². The molecule has 0 fully saturated rings. The minimum absolute atomic E-state index is 0.0949. The Bertz CT molecular complexity index is 941. The van der Waals surface area contributed by atoms with E-state index in [0.717, 1.165) is 11.4 Å². The summed E-state index contributed by atoms with van der Waals surface area (Å²) in [6.07, 6.45) is 1.66. The zero-order valence-corrected chi connectivity index (χ0v) is 13.9. The second-order valence-electron chi connectivity index (χ2n) is 5.83. The number of rotatable bonds is 4. The molecule has 1 N–H and O–H groups in total. The Kier molecular flexibility index (Phi) is 4.16. The Morgan fingerprint density at radius 2 is 1.96 bits per heavy atom. The number of benzene rings is 1. The third kappa shape index (κ3) is 2.68. The van der Waals surface area contributed by atoms with Gasteiger partial charge in [0.05, 0.1) is 17.6 Å². The average Bonchev–Trinajstić information content (AvgIpc) is 3.03. The van der Waals surface area contributed by atoms with E-state index in [9.17, 15) is 9.59 Å². The Morgan fingerprint density at radius 1 is 1.25 bits per heavy atom. The van der Waals surface area contributed by atoms with E-state index < -0.39 is 0 Å². The molecule has 3 rings (SSSR count). The number of amides is 1. The van der Waals surface area contributed by atoms with E-state index in [1.165, 1.54) is 11.7 Å². The van der Waals surface area contributed by atoms with Crippen LogP contribution in [-0.2, 0) is 11.3 Å². The van der Waals surface area contributed by atoms with Gasteiger partial charge in [-0.15, -0.1) is 0 Å². The van der Waals surface area contributed by atoms with Crippen LogP contribution in [0.4, 0.5) is 0 Å². The van der Waals surface area contributed by atoms with Crippen molar-refractivity contribution in [2.45, 2.75) is 26.3 Å². The van der Waals surface area contributed by atoms with E-state index in [2.05, 4.69) is 15.5 Å². The van der Waals surface area contributed by atoms with Gasteiger partial charge in [0.25, 0.3) is 5.56 Å². The summed E-state index contributed by atoms with van der Waals surface area (Å²) in [7, 11) is 1.53. The molecule has 1 aromatic carbocycles. The van der Waals surface area contributed by atoms with Crippen LogP contribution in [0.2, 0.25) is 0 Å². The first-order chi connectivity index (χ1) is 11.5. The van der Waals surface area contributed by atoms with Crippen LogP contribution < -0.4 is 10.9 Å². The van der Waals surface area contributed by atoms with Gasteiger partial charge in [0.15, 0.2) is 0 Å². The van der Waals surface area contributed by atoms with Gasteiger partial charge in [0.2, 0.25) is 5.91 Å². The summed E-state index contributed by atoms with van der Waals surface area (Å²) in [5.41, 5.74) is 1.64. The van der Waals surface area contributed by atoms with Gasteiger partial charge in [-0.2, -0.15) is 10.2 Å². The van der Waals surface area contributed by atoms with E-state index in [1.807, 2.05) is 44.2 Å². The van der Waals surface area contributed by atoms with Crippen molar-refractivity contribution >= 4 is 16.8 Å². The molecule has 3 aromatic rings. The maximum atomic E-state index is 12.9. The largest absolute Gasteiger partial charge is 0.358 e. The van der Waals surface area contributed by atoms with E-state index in [-0.39, 0.29) is 23.9 Å². The van der Waals surface area contributed by atoms with Gasteiger partial charge in [0, 0.05) is 12.4 Å². The first kappa shape index (κ1) is 15.9. The number of hydrogen-bond acceptors (Lipinski definition) is 4. The van der Waals surface area contributed by atoms with Crippen LogP contribution in [0.25, 0.3) is 16.6 Å². The molecule has 2 aromatic heterocycles. The van der Waals surface area contributed by atoms with Crippen LogP contribution in [0.1, 0.15) is 25.5 Å². The van der Waals surface area contributed by atoms with Crippen LogP contribution in [0.5, 0.6) is 0 Å². The number of fused-ring (bicyclic) bond motifs is 1. The maximum Gasteiger partial charge on any atom is 0.293 e. The van der Waals surface area contributed by atoms with Gasteiger partial charge in [-0.25, -0.2) is 9.36 Å². The van der Waals surface area contributed by atoms with Gasteiger partial charge in [-0.1, -0.05) is 32.0 Å².